The van der Waals surface area contributed by atoms with Gasteiger partial charge in [0.15, 0.2) is 0 Å². The Bertz CT molecular complexity index is 1060. The fourth-order valence-corrected chi connectivity index (χ4v) is 5.02. The topological polar surface area (TPSA) is 66.5 Å². The molecular formula is C24H22N2O3. The zero-order chi connectivity index (χ0) is 20.3. The van der Waals surface area contributed by atoms with Gasteiger partial charge in [-0.3, -0.25) is 14.4 Å². The van der Waals surface area contributed by atoms with Crippen molar-refractivity contribution in [2.75, 3.05) is 10.2 Å². The fraction of sp³-hybridized carbons (Fsp3) is 0.292. The van der Waals surface area contributed by atoms with Crippen LogP contribution < -0.4 is 10.2 Å². The van der Waals surface area contributed by atoms with E-state index in [-0.39, 0.29) is 41.4 Å². The molecule has 0 spiro atoms. The van der Waals surface area contributed by atoms with Crippen molar-refractivity contribution < 1.29 is 14.4 Å². The van der Waals surface area contributed by atoms with E-state index in [0.717, 1.165) is 23.2 Å². The average molecular weight is 386 g/mol. The van der Waals surface area contributed by atoms with Crippen molar-refractivity contribution in [1.29, 1.82) is 0 Å². The number of benzene rings is 2. The van der Waals surface area contributed by atoms with E-state index < -0.39 is 0 Å². The van der Waals surface area contributed by atoms with E-state index in [2.05, 4.69) is 17.5 Å². The first kappa shape index (κ1) is 17.9. The first-order valence-electron chi connectivity index (χ1n) is 9.99. The number of fused-ring (bicyclic) bond motifs is 5. The van der Waals surface area contributed by atoms with Gasteiger partial charge >= 0.3 is 0 Å². The predicted molar refractivity (Wildman–Crippen MR) is 111 cm³/mol. The number of nitrogens with zero attached hydrogens (tertiary/aromatic N) is 1. The van der Waals surface area contributed by atoms with Crippen LogP contribution in [-0.2, 0) is 9.59 Å². The van der Waals surface area contributed by atoms with Crippen LogP contribution in [0.5, 0.6) is 0 Å². The summed E-state index contributed by atoms with van der Waals surface area (Å²) >= 11 is 0. The lowest BCUT2D eigenvalue weighted by atomic mass is 9.85. The van der Waals surface area contributed by atoms with Gasteiger partial charge in [-0.1, -0.05) is 30.4 Å². The van der Waals surface area contributed by atoms with Crippen LogP contribution in [0.1, 0.15) is 27.9 Å². The lowest BCUT2D eigenvalue weighted by Crippen LogP contribution is -2.33. The molecule has 4 atom stereocenters. The van der Waals surface area contributed by atoms with E-state index in [4.69, 9.17) is 0 Å². The van der Waals surface area contributed by atoms with Gasteiger partial charge in [0.2, 0.25) is 11.8 Å². The van der Waals surface area contributed by atoms with Gasteiger partial charge in [0.1, 0.15) is 0 Å². The molecule has 2 aliphatic carbocycles. The molecule has 0 unspecified atom stereocenters. The van der Waals surface area contributed by atoms with Gasteiger partial charge in [0.05, 0.1) is 17.5 Å². The Labute approximate surface area is 169 Å². The van der Waals surface area contributed by atoms with Crippen LogP contribution >= 0.6 is 0 Å². The van der Waals surface area contributed by atoms with Crippen molar-refractivity contribution in [1.82, 2.24) is 0 Å². The summed E-state index contributed by atoms with van der Waals surface area (Å²) in [5, 5.41) is 2.93. The Morgan fingerprint density at radius 3 is 2.31 bits per heavy atom. The predicted octanol–water partition coefficient (Wildman–Crippen LogP) is 3.87. The van der Waals surface area contributed by atoms with Crippen LogP contribution in [0, 0.1) is 37.5 Å². The third-order valence-corrected chi connectivity index (χ3v) is 6.69. The number of hydrogen-bond donors (Lipinski definition) is 1. The summed E-state index contributed by atoms with van der Waals surface area (Å²) < 4.78 is 0. The minimum Gasteiger partial charge on any atom is -0.322 e. The van der Waals surface area contributed by atoms with Gasteiger partial charge in [-0.25, -0.2) is 4.90 Å². The lowest BCUT2D eigenvalue weighted by Gasteiger charge is -2.18. The first-order chi connectivity index (χ1) is 14.0. The largest absolute Gasteiger partial charge is 0.322 e. The zero-order valence-electron chi connectivity index (χ0n) is 16.4. The number of nitrogens with one attached hydrogen (secondary N) is 1. The van der Waals surface area contributed by atoms with E-state index in [1.165, 1.54) is 4.90 Å². The molecule has 1 N–H and O–H groups in total. The first-order valence-corrected chi connectivity index (χ1v) is 9.99. The molecule has 5 heteroatoms. The molecule has 29 heavy (non-hydrogen) atoms. The number of anilines is 2. The van der Waals surface area contributed by atoms with E-state index in [0.29, 0.717) is 11.3 Å². The van der Waals surface area contributed by atoms with Crippen molar-refractivity contribution >= 4 is 29.1 Å². The smallest absolute Gasteiger partial charge is 0.255 e. The number of allylic oxidation sites excluding steroid dienone is 2. The van der Waals surface area contributed by atoms with Crippen LogP contribution in [0.3, 0.4) is 0 Å². The Morgan fingerprint density at radius 1 is 0.966 bits per heavy atom. The number of aryl methyl sites for hydroxylation is 1. The summed E-state index contributed by atoms with van der Waals surface area (Å²) in [5.41, 5.74) is 3.76. The normalized spacial score (nSPS) is 26.9. The maximum Gasteiger partial charge on any atom is 0.255 e. The maximum atomic E-state index is 13.0. The molecule has 0 radical (unpaired) electrons. The molecule has 3 amide bonds. The quantitative estimate of drug-likeness (QED) is 0.643. The Morgan fingerprint density at radius 2 is 1.62 bits per heavy atom. The average Bonchev–Trinajstić information content (AvgIpc) is 3.39. The van der Waals surface area contributed by atoms with Crippen LogP contribution in [0.25, 0.3) is 0 Å². The second kappa shape index (κ2) is 6.41. The number of rotatable bonds is 3. The summed E-state index contributed by atoms with van der Waals surface area (Å²) in [6.45, 7) is 3.96. The number of amides is 3. The molecule has 1 saturated heterocycles. The molecule has 5 rings (SSSR count). The summed E-state index contributed by atoms with van der Waals surface area (Å²) in [4.78, 5) is 40.1. The van der Waals surface area contributed by atoms with Crippen molar-refractivity contribution in [2.24, 2.45) is 23.7 Å². The van der Waals surface area contributed by atoms with Gasteiger partial charge in [-0.2, -0.15) is 0 Å². The van der Waals surface area contributed by atoms with Gasteiger partial charge in [-0.15, -0.1) is 0 Å². The van der Waals surface area contributed by atoms with E-state index in [1.54, 1.807) is 24.3 Å². The molecule has 1 aliphatic heterocycles. The monoisotopic (exact) mass is 386 g/mol. The highest BCUT2D eigenvalue weighted by Gasteiger charge is 2.59. The number of carbonyl (C=O) groups excluding carboxylic acids is 3. The molecule has 5 nitrogen and oxygen atoms in total. The molecule has 146 valence electrons. The maximum absolute atomic E-state index is 13.0. The Hall–Kier alpha value is -3.21. The summed E-state index contributed by atoms with van der Waals surface area (Å²) in [6.07, 6.45) is 5.06. The van der Waals surface area contributed by atoms with Gasteiger partial charge in [0, 0.05) is 11.3 Å². The van der Waals surface area contributed by atoms with Crippen molar-refractivity contribution in [3.8, 4) is 0 Å². The van der Waals surface area contributed by atoms with Crippen LogP contribution in [-0.4, -0.2) is 17.7 Å². The molecule has 1 saturated carbocycles. The molecular weight excluding hydrogens is 364 g/mol. The molecule has 2 aromatic rings. The highest BCUT2D eigenvalue weighted by Crippen LogP contribution is 2.53. The number of imide groups is 1. The Kier molecular flexibility index (Phi) is 3.95. The standard InChI is InChI=1S/C24H22N2O3/c1-13-5-3-8-19(14(13)2)25-22(27)17-6-4-7-18(12-17)26-23(28)20-15-9-10-16(11-15)21(20)24(26)29/h3-10,12,15-16,20-21H,11H2,1-2H3,(H,25,27)/t15-,16-,20-,21-/m0/s1. The molecule has 2 bridgehead atoms. The van der Waals surface area contributed by atoms with E-state index >= 15 is 0 Å². The molecule has 0 aromatic heterocycles. The van der Waals surface area contributed by atoms with Gasteiger partial charge in [0.25, 0.3) is 5.91 Å². The van der Waals surface area contributed by atoms with Crippen LogP contribution in [0.15, 0.2) is 54.6 Å². The second-order valence-electron chi connectivity index (χ2n) is 8.26. The highest BCUT2D eigenvalue weighted by atomic mass is 16.2. The molecule has 1 heterocycles. The van der Waals surface area contributed by atoms with Crippen molar-refractivity contribution in [2.45, 2.75) is 20.3 Å². The van der Waals surface area contributed by atoms with Gasteiger partial charge in [-0.05, 0) is 67.5 Å². The number of carbonyl (C=O) groups is 3. The van der Waals surface area contributed by atoms with Crippen molar-refractivity contribution in [3.05, 3.63) is 71.3 Å². The lowest BCUT2D eigenvalue weighted by molar-refractivity contribution is -0.123. The van der Waals surface area contributed by atoms with Crippen molar-refractivity contribution in [3.63, 3.8) is 0 Å². The fourth-order valence-electron chi connectivity index (χ4n) is 5.02. The third-order valence-electron chi connectivity index (χ3n) is 6.69. The second-order valence-corrected chi connectivity index (χ2v) is 8.26. The van der Waals surface area contributed by atoms with Gasteiger partial charge < -0.3 is 5.32 Å². The van der Waals surface area contributed by atoms with E-state index in [1.807, 2.05) is 32.0 Å². The zero-order valence-corrected chi connectivity index (χ0v) is 16.4. The molecule has 3 aliphatic rings. The SMILES string of the molecule is Cc1cccc(NC(=O)c2cccc(N3C(=O)[C@@H]4[C@@H](C3=O)[C@H]3C=C[C@H]4C3)c2)c1C. The highest BCUT2D eigenvalue weighted by molar-refractivity contribution is 6.23. The Balaban J connectivity index is 1.42. The summed E-state index contributed by atoms with van der Waals surface area (Å²) in [5.74, 6) is -0.686. The minimum atomic E-state index is -0.262. The minimum absolute atomic E-state index is 0.135. The van der Waals surface area contributed by atoms with E-state index in [9.17, 15) is 14.4 Å². The van der Waals surface area contributed by atoms with Crippen LogP contribution in [0.2, 0.25) is 0 Å². The number of hydrogen-bond acceptors (Lipinski definition) is 3. The summed E-state index contributed by atoms with van der Waals surface area (Å²) in [7, 11) is 0. The summed E-state index contributed by atoms with van der Waals surface area (Å²) in [6, 6.07) is 12.5. The molecule has 2 fully saturated rings. The van der Waals surface area contributed by atoms with Crippen LogP contribution in [0.4, 0.5) is 11.4 Å². The third kappa shape index (κ3) is 2.64. The molecule has 2 aromatic carbocycles.